The van der Waals surface area contributed by atoms with E-state index < -0.39 is 5.60 Å². The van der Waals surface area contributed by atoms with Gasteiger partial charge in [-0.05, 0) is 46.8 Å². The van der Waals surface area contributed by atoms with Gasteiger partial charge in [0.1, 0.15) is 5.60 Å². The van der Waals surface area contributed by atoms with Crippen molar-refractivity contribution in [3.8, 4) is 0 Å². The second-order valence-corrected chi connectivity index (χ2v) is 6.95. The molecule has 2 atom stereocenters. The van der Waals surface area contributed by atoms with Crippen LogP contribution in [-0.2, 0) is 4.74 Å². The SMILES string of the molecule is C[C@@H]1CN([C@@H](C)c2ccccn2)CCN1C(=O)OC(C)(C)C. The zero-order chi connectivity index (χ0) is 16.3. The summed E-state index contributed by atoms with van der Waals surface area (Å²) in [6.45, 7) is 12.3. The highest BCUT2D eigenvalue weighted by Gasteiger charge is 2.32. The summed E-state index contributed by atoms with van der Waals surface area (Å²) in [5.74, 6) is 0. The molecule has 1 saturated heterocycles. The zero-order valence-electron chi connectivity index (χ0n) is 14.2. The molecule has 5 heteroatoms. The minimum atomic E-state index is -0.449. The van der Waals surface area contributed by atoms with Gasteiger partial charge in [-0.3, -0.25) is 9.88 Å². The van der Waals surface area contributed by atoms with Crippen LogP contribution in [0, 0.1) is 0 Å². The number of hydrogen-bond donors (Lipinski definition) is 0. The van der Waals surface area contributed by atoms with Gasteiger partial charge in [-0.25, -0.2) is 4.79 Å². The van der Waals surface area contributed by atoms with Gasteiger partial charge in [-0.1, -0.05) is 6.07 Å². The van der Waals surface area contributed by atoms with Crippen molar-refractivity contribution in [3.05, 3.63) is 30.1 Å². The topological polar surface area (TPSA) is 45.7 Å². The van der Waals surface area contributed by atoms with E-state index in [1.165, 1.54) is 0 Å². The molecule has 2 heterocycles. The molecule has 1 aromatic rings. The minimum Gasteiger partial charge on any atom is -0.444 e. The molecular weight excluding hydrogens is 278 g/mol. The highest BCUT2D eigenvalue weighted by Crippen LogP contribution is 2.23. The number of ether oxygens (including phenoxy) is 1. The van der Waals surface area contributed by atoms with Gasteiger partial charge in [0.15, 0.2) is 0 Å². The van der Waals surface area contributed by atoms with Crippen molar-refractivity contribution in [2.75, 3.05) is 19.6 Å². The molecule has 122 valence electrons. The lowest BCUT2D eigenvalue weighted by atomic mass is 10.1. The third-order valence-electron chi connectivity index (χ3n) is 3.95. The number of hydrogen-bond acceptors (Lipinski definition) is 4. The van der Waals surface area contributed by atoms with E-state index in [1.807, 2.05) is 44.0 Å². The Morgan fingerprint density at radius 3 is 2.64 bits per heavy atom. The maximum absolute atomic E-state index is 12.2. The van der Waals surface area contributed by atoms with Crippen LogP contribution in [0.2, 0.25) is 0 Å². The predicted molar refractivity (Wildman–Crippen MR) is 86.6 cm³/mol. The predicted octanol–water partition coefficient (Wildman–Crippen LogP) is 3.08. The normalized spacial score (nSPS) is 21.5. The molecule has 0 unspecified atom stereocenters. The summed E-state index contributed by atoms with van der Waals surface area (Å²) >= 11 is 0. The average molecular weight is 305 g/mol. The number of nitrogens with zero attached hydrogens (tertiary/aromatic N) is 3. The van der Waals surface area contributed by atoms with Crippen LogP contribution in [0.15, 0.2) is 24.4 Å². The van der Waals surface area contributed by atoms with Gasteiger partial charge < -0.3 is 9.64 Å². The van der Waals surface area contributed by atoms with E-state index in [0.29, 0.717) is 6.54 Å². The maximum atomic E-state index is 12.2. The molecule has 1 amide bonds. The van der Waals surface area contributed by atoms with Crippen LogP contribution >= 0.6 is 0 Å². The van der Waals surface area contributed by atoms with Crippen molar-refractivity contribution in [1.29, 1.82) is 0 Å². The highest BCUT2D eigenvalue weighted by molar-refractivity contribution is 5.68. The minimum absolute atomic E-state index is 0.134. The first kappa shape index (κ1) is 16.7. The molecular formula is C17H27N3O2. The number of rotatable bonds is 2. The van der Waals surface area contributed by atoms with E-state index in [2.05, 4.69) is 29.8 Å². The van der Waals surface area contributed by atoms with Crippen molar-refractivity contribution in [2.24, 2.45) is 0 Å². The second-order valence-electron chi connectivity index (χ2n) is 6.95. The molecule has 0 aromatic carbocycles. The number of carbonyl (C=O) groups is 1. The Balaban J connectivity index is 1.96. The average Bonchev–Trinajstić information content (AvgIpc) is 2.45. The maximum Gasteiger partial charge on any atom is 0.410 e. The second kappa shape index (κ2) is 6.65. The van der Waals surface area contributed by atoms with Crippen molar-refractivity contribution in [3.63, 3.8) is 0 Å². The van der Waals surface area contributed by atoms with E-state index in [1.54, 1.807) is 0 Å². The Hall–Kier alpha value is -1.62. The molecule has 0 spiro atoms. The summed E-state index contributed by atoms with van der Waals surface area (Å²) in [5.41, 5.74) is 0.621. The Kier molecular flexibility index (Phi) is 5.06. The van der Waals surface area contributed by atoms with Crippen LogP contribution < -0.4 is 0 Å². The van der Waals surface area contributed by atoms with Crippen LogP contribution in [0.25, 0.3) is 0 Å². The summed E-state index contributed by atoms with van der Waals surface area (Å²) in [6, 6.07) is 6.38. The summed E-state index contributed by atoms with van der Waals surface area (Å²) in [7, 11) is 0. The van der Waals surface area contributed by atoms with Gasteiger partial charge in [-0.15, -0.1) is 0 Å². The monoisotopic (exact) mass is 305 g/mol. The summed E-state index contributed by atoms with van der Waals surface area (Å²) in [4.78, 5) is 20.9. The molecule has 0 radical (unpaired) electrons. The molecule has 1 aliphatic rings. The Bertz CT molecular complexity index is 498. The van der Waals surface area contributed by atoms with Gasteiger partial charge in [0, 0.05) is 37.9 Å². The van der Waals surface area contributed by atoms with Gasteiger partial charge in [0.05, 0.1) is 5.69 Å². The van der Waals surface area contributed by atoms with E-state index in [4.69, 9.17) is 4.74 Å². The van der Waals surface area contributed by atoms with E-state index in [0.717, 1.165) is 18.8 Å². The first-order valence-electron chi connectivity index (χ1n) is 7.92. The quantitative estimate of drug-likeness (QED) is 0.842. The number of piperazine rings is 1. The number of pyridine rings is 1. The first-order valence-corrected chi connectivity index (χ1v) is 7.92. The summed E-state index contributed by atoms with van der Waals surface area (Å²) < 4.78 is 5.48. The molecule has 1 fully saturated rings. The van der Waals surface area contributed by atoms with Gasteiger partial charge >= 0.3 is 6.09 Å². The zero-order valence-corrected chi connectivity index (χ0v) is 14.2. The standard InChI is InChI=1S/C17H27N3O2/c1-13-12-19(14(2)15-8-6-7-9-18-15)10-11-20(13)16(21)22-17(3,4)5/h6-9,13-14H,10-12H2,1-5H3/t13-,14+/m1/s1. The van der Waals surface area contributed by atoms with Gasteiger partial charge in [-0.2, -0.15) is 0 Å². The number of amides is 1. The number of carbonyl (C=O) groups excluding carboxylic acids is 1. The highest BCUT2D eigenvalue weighted by atomic mass is 16.6. The van der Waals surface area contributed by atoms with Crippen molar-refractivity contribution >= 4 is 6.09 Å². The van der Waals surface area contributed by atoms with Crippen molar-refractivity contribution < 1.29 is 9.53 Å². The first-order chi connectivity index (χ1) is 10.3. The van der Waals surface area contributed by atoms with Crippen LogP contribution in [0.3, 0.4) is 0 Å². The smallest absolute Gasteiger partial charge is 0.410 e. The van der Waals surface area contributed by atoms with Crippen molar-refractivity contribution in [1.82, 2.24) is 14.8 Å². The van der Waals surface area contributed by atoms with E-state index in [-0.39, 0.29) is 18.2 Å². The lowest BCUT2D eigenvalue weighted by Gasteiger charge is -2.42. The molecule has 1 aromatic heterocycles. The van der Waals surface area contributed by atoms with Crippen LogP contribution in [0.5, 0.6) is 0 Å². The molecule has 0 aliphatic carbocycles. The van der Waals surface area contributed by atoms with Gasteiger partial charge in [0.2, 0.25) is 0 Å². The van der Waals surface area contributed by atoms with E-state index in [9.17, 15) is 4.79 Å². The molecule has 0 saturated carbocycles. The Labute approximate surface area is 133 Å². The lowest BCUT2D eigenvalue weighted by molar-refractivity contribution is -0.00371. The Morgan fingerprint density at radius 1 is 1.36 bits per heavy atom. The molecule has 2 rings (SSSR count). The van der Waals surface area contributed by atoms with Gasteiger partial charge in [0.25, 0.3) is 0 Å². The number of aromatic nitrogens is 1. The third-order valence-corrected chi connectivity index (χ3v) is 3.95. The van der Waals surface area contributed by atoms with Crippen LogP contribution in [-0.4, -0.2) is 52.2 Å². The fourth-order valence-corrected chi connectivity index (χ4v) is 2.74. The molecule has 0 N–H and O–H groups in total. The fraction of sp³-hybridized carbons (Fsp3) is 0.647. The third kappa shape index (κ3) is 4.19. The molecule has 22 heavy (non-hydrogen) atoms. The van der Waals surface area contributed by atoms with Crippen LogP contribution in [0.4, 0.5) is 4.79 Å². The summed E-state index contributed by atoms with van der Waals surface area (Å²) in [5, 5.41) is 0. The molecule has 5 nitrogen and oxygen atoms in total. The van der Waals surface area contributed by atoms with Crippen molar-refractivity contribution in [2.45, 2.75) is 52.3 Å². The van der Waals surface area contributed by atoms with E-state index >= 15 is 0 Å². The molecule has 1 aliphatic heterocycles. The largest absolute Gasteiger partial charge is 0.444 e. The molecule has 0 bridgehead atoms. The van der Waals surface area contributed by atoms with Crippen LogP contribution in [0.1, 0.15) is 46.4 Å². The fourth-order valence-electron chi connectivity index (χ4n) is 2.74. The summed E-state index contributed by atoms with van der Waals surface area (Å²) in [6.07, 6.45) is 1.61. The Morgan fingerprint density at radius 2 is 2.09 bits per heavy atom. The lowest BCUT2D eigenvalue weighted by Crippen LogP contribution is -2.55.